The van der Waals surface area contributed by atoms with Crippen LogP contribution in [0, 0.1) is 11.3 Å². The fourth-order valence-corrected chi connectivity index (χ4v) is 2.85. The molecule has 128 valence electrons. The van der Waals surface area contributed by atoms with Crippen LogP contribution in [0.5, 0.6) is 0 Å². The predicted octanol–water partition coefficient (Wildman–Crippen LogP) is 3.21. The number of ether oxygens (including phenoxy) is 1. The van der Waals surface area contributed by atoms with Crippen molar-refractivity contribution in [2.24, 2.45) is 0 Å². The van der Waals surface area contributed by atoms with E-state index in [2.05, 4.69) is 40.6 Å². The summed E-state index contributed by atoms with van der Waals surface area (Å²) >= 11 is 0. The van der Waals surface area contributed by atoms with Crippen LogP contribution in [0.25, 0.3) is 0 Å². The SMILES string of the molecule is CC(=O)c1ccc(C#N)c(NCc2ccc(N3CCOCC3)cc2)c1. The lowest BCUT2D eigenvalue weighted by molar-refractivity contribution is 0.101. The fourth-order valence-electron chi connectivity index (χ4n) is 2.85. The Kier molecular flexibility index (Phi) is 5.32. The lowest BCUT2D eigenvalue weighted by atomic mass is 10.1. The van der Waals surface area contributed by atoms with Gasteiger partial charge in [0, 0.05) is 30.9 Å². The van der Waals surface area contributed by atoms with E-state index in [0.717, 1.165) is 31.9 Å². The van der Waals surface area contributed by atoms with E-state index in [0.29, 0.717) is 23.4 Å². The molecule has 1 aliphatic heterocycles. The topological polar surface area (TPSA) is 65.4 Å². The summed E-state index contributed by atoms with van der Waals surface area (Å²) in [5.74, 6) is -0.0117. The number of hydrogen-bond donors (Lipinski definition) is 1. The summed E-state index contributed by atoms with van der Waals surface area (Å²) in [7, 11) is 0. The van der Waals surface area contributed by atoms with Gasteiger partial charge in [0.2, 0.25) is 0 Å². The molecule has 0 amide bonds. The van der Waals surface area contributed by atoms with E-state index in [9.17, 15) is 10.1 Å². The molecule has 0 bridgehead atoms. The molecule has 5 heteroatoms. The second-order valence-corrected chi connectivity index (χ2v) is 6.05. The highest BCUT2D eigenvalue weighted by Crippen LogP contribution is 2.20. The number of hydrogen-bond acceptors (Lipinski definition) is 5. The first-order chi connectivity index (χ1) is 12.2. The van der Waals surface area contributed by atoms with Crippen LogP contribution in [0.4, 0.5) is 11.4 Å². The summed E-state index contributed by atoms with van der Waals surface area (Å²) in [6, 6.07) is 15.6. The number of nitrogens with zero attached hydrogens (tertiary/aromatic N) is 2. The number of Topliss-reactive ketones (excluding diaryl/α,β-unsaturated/α-hetero) is 1. The Morgan fingerprint density at radius 2 is 1.92 bits per heavy atom. The first-order valence-corrected chi connectivity index (χ1v) is 8.38. The van der Waals surface area contributed by atoms with Gasteiger partial charge in [0.05, 0.1) is 24.5 Å². The molecule has 1 N–H and O–H groups in total. The highest BCUT2D eigenvalue weighted by molar-refractivity contribution is 5.95. The largest absolute Gasteiger partial charge is 0.380 e. The molecular weight excluding hydrogens is 314 g/mol. The molecule has 0 saturated carbocycles. The maximum absolute atomic E-state index is 11.5. The molecule has 1 aliphatic rings. The number of nitrogens with one attached hydrogen (secondary N) is 1. The minimum atomic E-state index is -0.0117. The van der Waals surface area contributed by atoms with Gasteiger partial charge in [0.1, 0.15) is 6.07 Å². The molecule has 0 atom stereocenters. The second kappa shape index (κ2) is 7.82. The van der Waals surface area contributed by atoms with Gasteiger partial charge in [-0.1, -0.05) is 12.1 Å². The average molecular weight is 335 g/mol. The van der Waals surface area contributed by atoms with Crippen molar-refractivity contribution in [3.05, 3.63) is 59.2 Å². The van der Waals surface area contributed by atoms with Gasteiger partial charge in [0.25, 0.3) is 0 Å². The second-order valence-electron chi connectivity index (χ2n) is 6.05. The average Bonchev–Trinajstić information content (AvgIpc) is 2.67. The third-order valence-corrected chi connectivity index (χ3v) is 4.34. The Bertz CT molecular complexity index is 788. The zero-order valence-corrected chi connectivity index (χ0v) is 14.3. The molecule has 5 nitrogen and oxygen atoms in total. The lowest BCUT2D eigenvalue weighted by Crippen LogP contribution is -2.36. The number of nitriles is 1. The monoisotopic (exact) mass is 335 g/mol. The Labute approximate surface area is 147 Å². The van der Waals surface area contributed by atoms with E-state index < -0.39 is 0 Å². The Morgan fingerprint density at radius 1 is 1.20 bits per heavy atom. The molecule has 0 radical (unpaired) electrons. The molecule has 2 aromatic carbocycles. The first kappa shape index (κ1) is 17.0. The molecule has 0 aromatic heterocycles. The van der Waals surface area contributed by atoms with Crippen molar-refractivity contribution in [3.63, 3.8) is 0 Å². The van der Waals surface area contributed by atoms with Gasteiger partial charge in [-0.25, -0.2) is 0 Å². The van der Waals surface area contributed by atoms with E-state index in [4.69, 9.17) is 4.74 Å². The van der Waals surface area contributed by atoms with Crippen LogP contribution in [0.1, 0.15) is 28.4 Å². The zero-order valence-electron chi connectivity index (χ0n) is 14.3. The Balaban J connectivity index is 1.68. The van der Waals surface area contributed by atoms with Crippen LogP contribution in [0.2, 0.25) is 0 Å². The molecule has 25 heavy (non-hydrogen) atoms. The van der Waals surface area contributed by atoms with Crippen molar-refractivity contribution in [1.29, 1.82) is 5.26 Å². The maximum atomic E-state index is 11.5. The summed E-state index contributed by atoms with van der Waals surface area (Å²) in [4.78, 5) is 13.8. The Morgan fingerprint density at radius 3 is 2.56 bits per heavy atom. The van der Waals surface area contributed by atoms with E-state index in [1.807, 2.05) is 0 Å². The van der Waals surface area contributed by atoms with Crippen LogP contribution >= 0.6 is 0 Å². The normalized spacial score (nSPS) is 14.0. The standard InChI is InChI=1S/C20H21N3O2/c1-15(24)17-4-5-18(13-21)20(12-17)22-14-16-2-6-19(7-3-16)23-8-10-25-11-9-23/h2-7,12,22H,8-11,14H2,1H3. The van der Waals surface area contributed by atoms with Crippen molar-refractivity contribution in [2.75, 3.05) is 36.5 Å². The van der Waals surface area contributed by atoms with Crippen LogP contribution < -0.4 is 10.2 Å². The summed E-state index contributed by atoms with van der Waals surface area (Å²) in [5, 5.41) is 12.5. The van der Waals surface area contributed by atoms with Crippen molar-refractivity contribution in [3.8, 4) is 6.07 Å². The third kappa shape index (κ3) is 4.17. The van der Waals surface area contributed by atoms with Crippen LogP contribution in [0.3, 0.4) is 0 Å². The van der Waals surface area contributed by atoms with Crippen LogP contribution in [0.15, 0.2) is 42.5 Å². The van der Waals surface area contributed by atoms with Crippen molar-refractivity contribution in [2.45, 2.75) is 13.5 Å². The predicted molar refractivity (Wildman–Crippen MR) is 98.0 cm³/mol. The van der Waals surface area contributed by atoms with Crippen molar-refractivity contribution >= 4 is 17.2 Å². The van der Waals surface area contributed by atoms with E-state index >= 15 is 0 Å². The summed E-state index contributed by atoms with van der Waals surface area (Å²) in [6.45, 7) is 5.50. The number of rotatable bonds is 5. The van der Waals surface area contributed by atoms with E-state index in [1.165, 1.54) is 12.6 Å². The molecule has 0 aliphatic carbocycles. The smallest absolute Gasteiger partial charge is 0.159 e. The molecule has 1 saturated heterocycles. The van der Waals surface area contributed by atoms with Crippen LogP contribution in [-0.2, 0) is 11.3 Å². The molecule has 3 rings (SSSR count). The molecule has 0 unspecified atom stereocenters. The fraction of sp³-hybridized carbons (Fsp3) is 0.300. The van der Waals surface area contributed by atoms with Gasteiger partial charge in [-0.3, -0.25) is 4.79 Å². The van der Waals surface area contributed by atoms with Gasteiger partial charge in [0.15, 0.2) is 5.78 Å². The summed E-state index contributed by atoms with van der Waals surface area (Å²) in [5.41, 5.74) is 4.14. The number of benzene rings is 2. The third-order valence-electron chi connectivity index (χ3n) is 4.34. The molecule has 2 aromatic rings. The van der Waals surface area contributed by atoms with Gasteiger partial charge in [-0.15, -0.1) is 0 Å². The maximum Gasteiger partial charge on any atom is 0.159 e. The number of carbonyl (C=O) groups is 1. The lowest BCUT2D eigenvalue weighted by Gasteiger charge is -2.28. The minimum absolute atomic E-state index is 0.0117. The van der Waals surface area contributed by atoms with Crippen molar-refractivity contribution in [1.82, 2.24) is 0 Å². The number of morpholine rings is 1. The van der Waals surface area contributed by atoms with Gasteiger partial charge >= 0.3 is 0 Å². The van der Waals surface area contributed by atoms with E-state index in [-0.39, 0.29) is 5.78 Å². The summed E-state index contributed by atoms with van der Waals surface area (Å²) < 4.78 is 5.38. The highest BCUT2D eigenvalue weighted by Gasteiger charge is 2.11. The van der Waals surface area contributed by atoms with Gasteiger partial charge < -0.3 is 15.0 Å². The molecule has 1 heterocycles. The number of carbonyl (C=O) groups excluding carboxylic acids is 1. The quantitative estimate of drug-likeness (QED) is 0.850. The molecule has 0 spiro atoms. The van der Waals surface area contributed by atoms with E-state index in [1.54, 1.807) is 18.2 Å². The number of anilines is 2. The summed E-state index contributed by atoms with van der Waals surface area (Å²) in [6.07, 6.45) is 0. The Hall–Kier alpha value is -2.84. The molecule has 1 fully saturated rings. The van der Waals surface area contributed by atoms with Gasteiger partial charge in [-0.2, -0.15) is 5.26 Å². The van der Waals surface area contributed by atoms with Crippen LogP contribution in [-0.4, -0.2) is 32.1 Å². The zero-order chi connectivity index (χ0) is 17.6. The number of ketones is 1. The molecular formula is C20H21N3O2. The minimum Gasteiger partial charge on any atom is -0.380 e. The highest BCUT2D eigenvalue weighted by atomic mass is 16.5. The first-order valence-electron chi connectivity index (χ1n) is 8.38. The van der Waals surface area contributed by atoms with Gasteiger partial charge in [-0.05, 0) is 42.8 Å². The van der Waals surface area contributed by atoms with Crippen molar-refractivity contribution < 1.29 is 9.53 Å².